The first-order valence-electron chi connectivity index (χ1n) is 6.64. The maximum Gasteiger partial charge on any atom is 0.330 e. The Kier molecular flexibility index (Phi) is 2.31. The van der Waals surface area contributed by atoms with E-state index in [1.165, 1.54) is 4.90 Å². The molecule has 1 heterocycles. The zero-order chi connectivity index (χ0) is 13.0. The molecule has 0 aromatic rings. The summed E-state index contributed by atoms with van der Waals surface area (Å²) in [4.78, 5) is 37.6. The second-order valence-corrected chi connectivity index (χ2v) is 6.25. The second kappa shape index (κ2) is 3.56. The molecule has 0 atom stereocenters. The Morgan fingerprint density at radius 2 is 1.72 bits per heavy atom. The number of hydrogen-bond acceptors (Lipinski definition) is 3. The number of rotatable bonds is 2. The number of carbonyl (C=O) groups is 3. The first kappa shape index (κ1) is 11.7. The standard InChI is InChI=1S/C13H18N2O3/c1-12(6-7-12)8-15-10(17)13(4-2-3-5-13)9(16)14-11(15)18/h2-8H2,1H3,(H,14,16,18). The summed E-state index contributed by atoms with van der Waals surface area (Å²) in [5, 5.41) is 2.37. The minimum atomic E-state index is -0.945. The number of urea groups is 1. The van der Waals surface area contributed by atoms with Crippen LogP contribution in [0.2, 0.25) is 0 Å². The average Bonchev–Trinajstić information content (AvgIpc) is 2.87. The van der Waals surface area contributed by atoms with Crippen LogP contribution in [0.1, 0.15) is 45.4 Å². The van der Waals surface area contributed by atoms with Gasteiger partial charge in [0, 0.05) is 6.54 Å². The van der Waals surface area contributed by atoms with E-state index < -0.39 is 11.4 Å². The molecule has 5 nitrogen and oxygen atoms in total. The monoisotopic (exact) mass is 250 g/mol. The van der Waals surface area contributed by atoms with E-state index in [1.807, 2.05) is 0 Å². The molecular formula is C13H18N2O3. The third kappa shape index (κ3) is 1.56. The molecule has 98 valence electrons. The molecule has 18 heavy (non-hydrogen) atoms. The second-order valence-electron chi connectivity index (χ2n) is 6.25. The molecule has 3 fully saturated rings. The summed E-state index contributed by atoms with van der Waals surface area (Å²) >= 11 is 0. The Balaban J connectivity index is 1.87. The van der Waals surface area contributed by atoms with E-state index in [0.717, 1.165) is 25.7 Å². The summed E-state index contributed by atoms with van der Waals surface area (Å²) in [6, 6.07) is -0.532. The highest BCUT2D eigenvalue weighted by Crippen LogP contribution is 2.48. The van der Waals surface area contributed by atoms with Gasteiger partial charge in [0.25, 0.3) is 0 Å². The quantitative estimate of drug-likeness (QED) is 0.754. The average molecular weight is 250 g/mol. The van der Waals surface area contributed by atoms with Gasteiger partial charge in [-0.05, 0) is 31.1 Å². The van der Waals surface area contributed by atoms with Crippen molar-refractivity contribution in [3.8, 4) is 0 Å². The van der Waals surface area contributed by atoms with Gasteiger partial charge in [0.15, 0.2) is 0 Å². The zero-order valence-electron chi connectivity index (χ0n) is 10.6. The van der Waals surface area contributed by atoms with Crippen LogP contribution in [0.15, 0.2) is 0 Å². The maximum absolute atomic E-state index is 12.5. The fourth-order valence-corrected chi connectivity index (χ4v) is 3.05. The van der Waals surface area contributed by atoms with Gasteiger partial charge >= 0.3 is 6.03 Å². The van der Waals surface area contributed by atoms with Crippen LogP contribution in [0.5, 0.6) is 0 Å². The largest absolute Gasteiger partial charge is 0.330 e. The van der Waals surface area contributed by atoms with Gasteiger partial charge in [-0.25, -0.2) is 4.79 Å². The molecule has 1 aliphatic heterocycles. The van der Waals surface area contributed by atoms with E-state index in [4.69, 9.17) is 0 Å². The molecule has 0 aromatic heterocycles. The lowest BCUT2D eigenvalue weighted by molar-refractivity contribution is -0.151. The highest BCUT2D eigenvalue weighted by atomic mass is 16.2. The molecule has 2 aliphatic carbocycles. The van der Waals surface area contributed by atoms with Crippen molar-refractivity contribution >= 4 is 17.8 Å². The molecule has 0 bridgehead atoms. The molecule has 2 saturated carbocycles. The summed E-state index contributed by atoms with van der Waals surface area (Å²) in [6.45, 7) is 2.53. The third-order valence-corrected chi connectivity index (χ3v) is 4.66. The van der Waals surface area contributed by atoms with E-state index in [1.54, 1.807) is 0 Å². The van der Waals surface area contributed by atoms with Gasteiger partial charge < -0.3 is 0 Å². The highest BCUT2D eigenvalue weighted by Gasteiger charge is 2.56. The topological polar surface area (TPSA) is 66.5 Å². The number of carbonyl (C=O) groups excluding carboxylic acids is 3. The van der Waals surface area contributed by atoms with Crippen LogP contribution in [-0.4, -0.2) is 29.3 Å². The van der Waals surface area contributed by atoms with Crippen molar-refractivity contribution in [1.82, 2.24) is 10.2 Å². The van der Waals surface area contributed by atoms with Crippen LogP contribution in [0, 0.1) is 10.8 Å². The summed E-state index contributed by atoms with van der Waals surface area (Å²) in [6.07, 6.45) is 5.03. The van der Waals surface area contributed by atoms with Crippen molar-refractivity contribution in [3.63, 3.8) is 0 Å². The third-order valence-electron chi connectivity index (χ3n) is 4.66. The van der Waals surface area contributed by atoms with Crippen LogP contribution >= 0.6 is 0 Å². The van der Waals surface area contributed by atoms with Crippen LogP contribution in [0.3, 0.4) is 0 Å². The molecule has 3 rings (SSSR count). The fourth-order valence-electron chi connectivity index (χ4n) is 3.05. The van der Waals surface area contributed by atoms with Crippen molar-refractivity contribution in [2.24, 2.45) is 10.8 Å². The number of amides is 4. The lowest BCUT2D eigenvalue weighted by atomic mass is 9.82. The van der Waals surface area contributed by atoms with Crippen LogP contribution < -0.4 is 5.32 Å². The summed E-state index contributed by atoms with van der Waals surface area (Å²) in [5.41, 5.74) is -0.869. The van der Waals surface area contributed by atoms with Crippen molar-refractivity contribution in [3.05, 3.63) is 0 Å². The molecular weight excluding hydrogens is 232 g/mol. The molecule has 5 heteroatoms. The fraction of sp³-hybridized carbons (Fsp3) is 0.769. The van der Waals surface area contributed by atoms with E-state index in [2.05, 4.69) is 12.2 Å². The van der Waals surface area contributed by atoms with Crippen molar-refractivity contribution in [1.29, 1.82) is 0 Å². The van der Waals surface area contributed by atoms with Gasteiger partial charge in [0.1, 0.15) is 5.41 Å². The van der Waals surface area contributed by atoms with Gasteiger partial charge in [-0.3, -0.25) is 19.8 Å². The predicted octanol–water partition coefficient (Wildman–Crippen LogP) is 1.43. The van der Waals surface area contributed by atoms with Crippen LogP contribution in [0.25, 0.3) is 0 Å². The van der Waals surface area contributed by atoms with E-state index in [-0.39, 0.29) is 17.2 Å². The Morgan fingerprint density at radius 3 is 2.28 bits per heavy atom. The first-order valence-corrected chi connectivity index (χ1v) is 6.64. The highest BCUT2D eigenvalue weighted by molar-refractivity contribution is 6.19. The van der Waals surface area contributed by atoms with Crippen molar-refractivity contribution in [2.75, 3.05) is 6.54 Å². The van der Waals surface area contributed by atoms with Crippen molar-refractivity contribution < 1.29 is 14.4 Å². The molecule has 0 aromatic carbocycles. The zero-order valence-corrected chi connectivity index (χ0v) is 10.6. The van der Waals surface area contributed by atoms with Gasteiger partial charge in [0.05, 0.1) is 0 Å². The number of imide groups is 2. The number of barbiturate groups is 1. The first-order chi connectivity index (χ1) is 8.47. The van der Waals surface area contributed by atoms with Gasteiger partial charge in [0.2, 0.25) is 11.8 Å². The van der Waals surface area contributed by atoms with E-state index >= 15 is 0 Å². The van der Waals surface area contributed by atoms with Crippen molar-refractivity contribution in [2.45, 2.75) is 45.4 Å². The number of hydrogen-bond donors (Lipinski definition) is 1. The Morgan fingerprint density at radius 1 is 1.11 bits per heavy atom. The lowest BCUT2D eigenvalue weighted by Gasteiger charge is -2.37. The lowest BCUT2D eigenvalue weighted by Crippen LogP contribution is -2.63. The predicted molar refractivity (Wildman–Crippen MR) is 63.5 cm³/mol. The Hall–Kier alpha value is -1.39. The molecule has 4 amide bonds. The number of nitrogens with zero attached hydrogens (tertiary/aromatic N) is 1. The molecule has 3 aliphatic rings. The van der Waals surface area contributed by atoms with Gasteiger partial charge in [-0.15, -0.1) is 0 Å². The van der Waals surface area contributed by atoms with Crippen LogP contribution in [0.4, 0.5) is 4.79 Å². The normalized spacial score (nSPS) is 28.7. The SMILES string of the molecule is CC1(CN2C(=O)NC(=O)C3(CCCC3)C2=O)CC1. The smallest absolute Gasteiger partial charge is 0.277 e. The summed E-state index contributed by atoms with van der Waals surface area (Å²) < 4.78 is 0. The maximum atomic E-state index is 12.5. The van der Waals surface area contributed by atoms with Gasteiger partial charge in [-0.2, -0.15) is 0 Å². The molecule has 1 spiro atoms. The Bertz CT molecular complexity index is 434. The molecule has 0 radical (unpaired) electrons. The minimum absolute atomic E-state index is 0.0766. The number of nitrogens with one attached hydrogen (secondary N) is 1. The van der Waals surface area contributed by atoms with Crippen LogP contribution in [-0.2, 0) is 9.59 Å². The van der Waals surface area contributed by atoms with Gasteiger partial charge in [-0.1, -0.05) is 19.8 Å². The molecule has 1 saturated heterocycles. The Labute approximate surface area is 106 Å². The molecule has 1 N–H and O–H groups in total. The van der Waals surface area contributed by atoms with E-state index in [0.29, 0.717) is 19.4 Å². The summed E-state index contributed by atoms with van der Waals surface area (Å²) in [5.74, 6) is -0.644. The van der Waals surface area contributed by atoms with E-state index in [9.17, 15) is 14.4 Å². The summed E-state index contributed by atoms with van der Waals surface area (Å²) in [7, 11) is 0. The minimum Gasteiger partial charge on any atom is -0.277 e. The molecule has 0 unspecified atom stereocenters.